The lowest BCUT2D eigenvalue weighted by Gasteiger charge is -2.24. The van der Waals surface area contributed by atoms with E-state index >= 15 is 0 Å². The molecule has 20 heavy (non-hydrogen) atoms. The van der Waals surface area contributed by atoms with Crippen LogP contribution in [0, 0.1) is 5.82 Å². The molecule has 6 heteroatoms. The Morgan fingerprint density at radius 2 is 2.40 bits per heavy atom. The molecule has 1 aliphatic heterocycles. The van der Waals surface area contributed by atoms with Gasteiger partial charge >= 0.3 is 0 Å². The van der Waals surface area contributed by atoms with E-state index in [1.165, 1.54) is 12.1 Å². The number of rotatable bonds is 5. The molecule has 1 aromatic rings. The van der Waals surface area contributed by atoms with E-state index in [2.05, 4.69) is 21.2 Å². The van der Waals surface area contributed by atoms with Gasteiger partial charge in [0.25, 0.3) is 5.91 Å². The van der Waals surface area contributed by atoms with Gasteiger partial charge in [-0.1, -0.05) is 15.9 Å². The fraction of sp³-hybridized carbons (Fsp3) is 0.500. The van der Waals surface area contributed by atoms with Crippen LogP contribution >= 0.6 is 15.9 Å². The number of hydrogen-bond donors (Lipinski definition) is 1. The summed E-state index contributed by atoms with van der Waals surface area (Å²) < 4.78 is 19.5. The summed E-state index contributed by atoms with van der Waals surface area (Å²) in [6.45, 7) is 1.40. The van der Waals surface area contributed by atoms with Gasteiger partial charge in [0.15, 0.2) is 18.2 Å². The Balaban J connectivity index is 1.91. The van der Waals surface area contributed by atoms with Crippen molar-refractivity contribution in [2.24, 2.45) is 0 Å². The van der Waals surface area contributed by atoms with Crippen molar-refractivity contribution < 1.29 is 13.9 Å². The summed E-state index contributed by atoms with van der Waals surface area (Å²) in [6, 6.07) is 4.73. The topological polar surface area (TPSA) is 41.6 Å². The molecule has 1 amide bonds. The molecular formula is C14H18BrFN2O2. The largest absolute Gasteiger partial charge is 0.481 e. The predicted octanol–water partition coefficient (Wildman–Crippen LogP) is 2.18. The molecule has 0 radical (unpaired) electrons. The van der Waals surface area contributed by atoms with E-state index in [0.717, 1.165) is 25.9 Å². The van der Waals surface area contributed by atoms with E-state index in [9.17, 15) is 9.18 Å². The summed E-state index contributed by atoms with van der Waals surface area (Å²) in [6.07, 6.45) is 2.00. The van der Waals surface area contributed by atoms with Gasteiger partial charge in [-0.3, -0.25) is 4.79 Å². The average Bonchev–Trinajstić information content (AvgIpc) is 2.86. The second-order valence-corrected chi connectivity index (χ2v) is 5.72. The maximum Gasteiger partial charge on any atom is 0.260 e. The second kappa shape index (κ2) is 7.04. The van der Waals surface area contributed by atoms with E-state index in [4.69, 9.17) is 4.74 Å². The van der Waals surface area contributed by atoms with Crippen LogP contribution in [0.5, 0.6) is 5.75 Å². The second-order valence-electron chi connectivity index (χ2n) is 4.80. The number of carbonyl (C=O) groups excluding carboxylic acids is 1. The number of ether oxygens (including phenoxy) is 1. The fourth-order valence-electron chi connectivity index (χ4n) is 2.43. The number of amides is 1. The van der Waals surface area contributed by atoms with Crippen LogP contribution < -0.4 is 10.1 Å². The Morgan fingerprint density at radius 1 is 1.60 bits per heavy atom. The maximum absolute atomic E-state index is 13.6. The SMILES string of the molecule is CNC[C@@H]1CCCN1C(=O)COc1ccc(Br)cc1F. The van der Waals surface area contributed by atoms with Crippen molar-refractivity contribution in [3.8, 4) is 5.75 Å². The lowest BCUT2D eigenvalue weighted by molar-refractivity contribution is -0.134. The summed E-state index contributed by atoms with van der Waals surface area (Å²) in [5.41, 5.74) is 0. The van der Waals surface area contributed by atoms with Crippen molar-refractivity contribution in [3.63, 3.8) is 0 Å². The summed E-state index contributed by atoms with van der Waals surface area (Å²) in [4.78, 5) is 13.9. The first-order chi connectivity index (χ1) is 9.61. The predicted molar refractivity (Wildman–Crippen MR) is 78.3 cm³/mol. The third kappa shape index (κ3) is 3.70. The highest BCUT2D eigenvalue weighted by molar-refractivity contribution is 9.10. The van der Waals surface area contributed by atoms with Crippen LogP contribution in [0.2, 0.25) is 0 Å². The lowest BCUT2D eigenvalue weighted by Crippen LogP contribution is -2.43. The molecule has 1 saturated heterocycles. The molecule has 1 aromatic carbocycles. The monoisotopic (exact) mass is 344 g/mol. The van der Waals surface area contributed by atoms with Gasteiger partial charge in [-0.2, -0.15) is 0 Å². The van der Waals surface area contributed by atoms with Gasteiger partial charge in [0.1, 0.15) is 0 Å². The number of likely N-dealkylation sites (N-methyl/N-ethyl adjacent to an activating group) is 1. The Bertz CT molecular complexity index is 484. The minimum Gasteiger partial charge on any atom is -0.481 e. The highest BCUT2D eigenvalue weighted by Crippen LogP contribution is 2.22. The first-order valence-corrected chi connectivity index (χ1v) is 7.43. The number of halogens is 2. The number of carbonyl (C=O) groups is 1. The normalized spacial score (nSPS) is 18.4. The molecule has 0 spiro atoms. The quantitative estimate of drug-likeness (QED) is 0.890. The zero-order valence-electron chi connectivity index (χ0n) is 11.4. The molecule has 1 atom stereocenters. The molecule has 110 valence electrons. The highest BCUT2D eigenvalue weighted by atomic mass is 79.9. The van der Waals surface area contributed by atoms with E-state index < -0.39 is 5.82 Å². The van der Waals surface area contributed by atoms with Crippen molar-refractivity contribution in [2.75, 3.05) is 26.7 Å². The van der Waals surface area contributed by atoms with Crippen LogP contribution in [0.15, 0.2) is 22.7 Å². The molecule has 0 bridgehead atoms. The van der Waals surface area contributed by atoms with E-state index in [0.29, 0.717) is 4.47 Å². The van der Waals surface area contributed by atoms with E-state index in [1.54, 1.807) is 6.07 Å². The van der Waals surface area contributed by atoms with Crippen LogP contribution in [0.4, 0.5) is 4.39 Å². The van der Waals surface area contributed by atoms with E-state index in [-0.39, 0.29) is 24.3 Å². The Kier molecular flexibility index (Phi) is 5.37. The van der Waals surface area contributed by atoms with Crippen LogP contribution in [0.25, 0.3) is 0 Å². The molecule has 1 aliphatic rings. The number of hydrogen-bond acceptors (Lipinski definition) is 3. The van der Waals surface area contributed by atoms with Crippen LogP contribution in [0.3, 0.4) is 0 Å². The van der Waals surface area contributed by atoms with Crippen LogP contribution in [0.1, 0.15) is 12.8 Å². The number of benzene rings is 1. The molecule has 0 saturated carbocycles. The molecule has 0 aromatic heterocycles. The maximum atomic E-state index is 13.6. The van der Waals surface area contributed by atoms with Gasteiger partial charge in [0.05, 0.1) is 0 Å². The Hall–Kier alpha value is -1.14. The first-order valence-electron chi connectivity index (χ1n) is 6.63. The van der Waals surface area contributed by atoms with Gasteiger partial charge < -0.3 is 15.0 Å². The molecule has 4 nitrogen and oxygen atoms in total. The standard InChI is InChI=1S/C14H18BrFN2O2/c1-17-8-11-3-2-6-18(11)14(19)9-20-13-5-4-10(15)7-12(13)16/h4-5,7,11,17H,2-3,6,8-9H2,1H3/t11-/m0/s1. The van der Waals surface area contributed by atoms with Crippen molar-refractivity contribution in [3.05, 3.63) is 28.5 Å². The van der Waals surface area contributed by atoms with Gasteiger partial charge in [-0.15, -0.1) is 0 Å². The van der Waals surface area contributed by atoms with Gasteiger partial charge in [-0.25, -0.2) is 4.39 Å². The Morgan fingerprint density at radius 3 is 3.10 bits per heavy atom. The molecule has 1 heterocycles. The van der Waals surface area contributed by atoms with Gasteiger partial charge in [0, 0.05) is 23.6 Å². The zero-order valence-corrected chi connectivity index (χ0v) is 13.0. The summed E-state index contributed by atoms with van der Waals surface area (Å²) in [5.74, 6) is -0.462. The summed E-state index contributed by atoms with van der Waals surface area (Å²) in [7, 11) is 1.87. The first kappa shape index (κ1) is 15.3. The van der Waals surface area contributed by atoms with Crippen LogP contribution in [-0.2, 0) is 4.79 Å². The third-order valence-electron chi connectivity index (χ3n) is 3.38. The van der Waals surface area contributed by atoms with Gasteiger partial charge in [-0.05, 0) is 38.1 Å². The molecule has 1 fully saturated rings. The summed E-state index contributed by atoms with van der Waals surface area (Å²) in [5, 5.41) is 3.08. The number of likely N-dealkylation sites (tertiary alicyclic amines) is 1. The minimum absolute atomic E-state index is 0.0925. The fourth-order valence-corrected chi connectivity index (χ4v) is 2.76. The van der Waals surface area contributed by atoms with Crippen molar-refractivity contribution in [1.82, 2.24) is 10.2 Å². The molecule has 1 N–H and O–H groups in total. The van der Waals surface area contributed by atoms with Crippen molar-refractivity contribution in [1.29, 1.82) is 0 Å². The Labute approximate surface area is 126 Å². The van der Waals surface area contributed by atoms with Crippen molar-refractivity contribution in [2.45, 2.75) is 18.9 Å². The molecule has 2 rings (SSSR count). The zero-order chi connectivity index (χ0) is 14.5. The highest BCUT2D eigenvalue weighted by Gasteiger charge is 2.28. The smallest absolute Gasteiger partial charge is 0.260 e. The van der Waals surface area contributed by atoms with E-state index in [1.807, 2.05) is 11.9 Å². The lowest BCUT2D eigenvalue weighted by atomic mass is 10.2. The summed E-state index contributed by atoms with van der Waals surface area (Å²) >= 11 is 3.18. The number of nitrogens with zero attached hydrogens (tertiary/aromatic N) is 1. The van der Waals surface area contributed by atoms with Crippen molar-refractivity contribution >= 4 is 21.8 Å². The third-order valence-corrected chi connectivity index (χ3v) is 3.88. The molecule has 0 unspecified atom stereocenters. The molecule has 0 aliphatic carbocycles. The van der Waals surface area contributed by atoms with Crippen LogP contribution in [-0.4, -0.2) is 43.6 Å². The minimum atomic E-state index is -0.472. The number of nitrogens with one attached hydrogen (secondary N) is 1. The average molecular weight is 345 g/mol. The van der Waals surface area contributed by atoms with Gasteiger partial charge in [0.2, 0.25) is 0 Å². The molecular weight excluding hydrogens is 327 g/mol.